The molecular weight excluding hydrogens is 295 g/mol. The summed E-state index contributed by atoms with van der Waals surface area (Å²) in [5.41, 5.74) is 0.0895. The molecule has 0 saturated carbocycles. The lowest BCUT2D eigenvalue weighted by Crippen LogP contribution is -2.36. The summed E-state index contributed by atoms with van der Waals surface area (Å²) in [4.78, 5) is 15.8. The molecule has 0 aliphatic heterocycles. The van der Waals surface area contributed by atoms with E-state index in [1.165, 1.54) is 19.2 Å². The summed E-state index contributed by atoms with van der Waals surface area (Å²) in [6.07, 6.45) is -4.14. The summed E-state index contributed by atoms with van der Waals surface area (Å²) >= 11 is 5.83. The smallest absolute Gasteiger partial charge is 0.370 e. The Kier molecular flexibility index (Phi) is 5.62. The number of carbonyl (C=O) groups excluding carboxylic acids is 1. The standard InChI is InChI=1S/C12H15ClF3N3O/c1-3-17-10-4-8(9(13)6-18-10)11(20)19-7(2)5-12(14,15)16/h4,6-7H,3,5H2,1-2H3,(H,17,18)(H,19,20). The number of halogens is 4. The average molecular weight is 310 g/mol. The molecule has 0 spiro atoms. The molecule has 0 aliphatic carbocycles. The molecule has 1 heterocycles. The summed E-state index contributed by atoms with van der Waals surface area (Å²) in [7, 11) is 0. The minimum atomic E-state index is -4.33. The SMILES string of the molecule is CCNc1cc(C(=O)NC(C)CC(F)(F)F)c(Cl)cn1. The molecule has 0 aromatic carbocycles. The van der Waals surface area contributed by atoms with E-state index in [9.17, 15) is 18.0 Å². The van der Waals surface area contributed by atoms with Gasteiger partial charge in [-0.1, -0.05) is 11.6 Å². The number of rotatable bonds is 5. The molecule has 1 aromatic rings. The molecule has 0 bridgehead atoms. The van der Waals surface area contributed by atoms with Crippen LogP contribution in [-0.2, 0) is 0 Å². The Labute approximate surface area is 119 Å². The van der Waals surface area contributed by atoms with Crippen molar-refractivity contribution < 1.29 is 18.0 Å². The van der Waals surface area contributed by atoms with Crippen molar-refractivity contribution in [1.29, 1.82) is 0 Å². The van der Waals surface area contributed by atoms with Gasteiger partial charge in [-0.3, -0.25) is 4.79 Å². The Bertz CT molecular complexity index is 480. The molecule has 20 heavy (non-hydrogen) atoms. The molecule has 2 N–H and O–H groups in total. The highest BCUT2D eigenvalue weighted by Crippen LogP contribution is 2.22. The quantitative estimate of drug-likeness (QED) is 0.878. The lowest BCUT2D eigenvalue weighted by molar-refractivity contribution is -0.138. The fraction of sp³-hybridized carbons (Fsp3) is 0.500. The van der Waals surface area contributed by atoms with Crippen molar-refractivity contribution in [3.05, 3.63) is 22.8 Å². The van der Waals surface area contributed by atoms with Gasteiger partial charge in [-0.05, 0) is 19.9 Å². The van der Waals surface area contributed by atoms with Crippen LogP contribution in [0.1, 0.15) is 30.6 Å². The second kappa shape index (κ2) is 6.78. The lowest BCUT2D eigenvalue weighted by Gasteiger charge is -2.16. The monoisotopic (exact) mass is 309 g/mol. The molecule has 0 aliphatic rings. The Morgan fingerprint density at radius 3 is 2.70 bits per heavy atom. The van der Waals surface area contributed by atoms with Gasteiger partial charge in [0.2, 0.25) is 0 Å². The van der Waals surface area contributed by atoms with Crippen LogP contribution in [0.4, 0.5) is 19.0 Å². The lowest BCUT2D eigenvalue weighted by atomic mass is 10.2. The second-order valence-corrected chi connectivity index (χ2v) is 4.68. The van der Waals surface area contributed by atoms with Crippen molar-refractivity contribution in [2.45, 2.75) is 32.5 Å². The molecule has 0 fully saturated rings. The van der Waals surface area contributed by atoms with Crippen molar-refractivity contribution in [2.75, 3.05) is 11.9 Å². The predicted octanol–water partition coefficient (Wildman–Crippen LogP) is 3.24. The van der Waals surface area contributed by atoms with Crippen molar-refractivity contribution in [2.24, 2.45) is 0 Å². The molecule has 1 aromatic heterocycles. The minimum Gasteiger partial charge on any atom is -0.370 e. The van der Waals surface area contributed by atoms with Crippen LogP contribution in [0.2, 0.25) is 5.02 Å². The molecule has 1 amide bonds. The molecule has 112 valence electrons. The summed E-state index contributed by atoms with van der Waals surface area (Å²) < 4.78 is 36.6. The first-order valence-corrected chi connectivity index (χ1v) is 6.37. The first-order valence-electron chi connectivity index (χ1n) is 6.00. The van der Waals surface area contributed by atoms with Gasteiger partial charge in [0.1, 0.15) is 5.82 Å². The predicted molar refractivity (Wildman–Crippen MR) is 71.0 cm³/mol. The topological polar surface area (TPSA) is 54.0 Å². The molecule has 8 heteroatoms. The highest BCUT2D eigenvalue weighted by molar-refractivity contribution is 6.33. The van der Waals surface area contributed by atoms with Gasteiger partial charge >= 0.3 is 6.18 Å². The number of hydrogen-bond acceptors (Lipinski definition) is 3. The number of anilines is 1. The first kappa shape index (κ1) is 16.6. The van der Waals surface area contributed by atoms with Crippen LogP contribution in [0.25, 0.3) is 0 Å². The van der Waals surface area contributed by atoms with Crippen molar-refractivity contribution >= 4 is 23.3 Å². The van der Waals surface area contributed by atoms with Gasteiger partial charge in [-0.15, -0.1) is 0 Å². The number of carbonyl (C=O) groups is 1. The van der Waals surface area contributed by atoms with E-state index >= 15 is 0 Å². The van der Waals surface area contributed by atoms with Crippen molar-refractivity contribution in [3.8, 4) is 0 Å². The van der Waals surface area contributed by atoms with E-state index in [1.54, 1.807) is 0 Å². The van der Waals surface area contributed by atoms with Crippen LogP contribution in [0.15, 0.2) is 12.3 Å². The van der Waals surface area contributed by atoms with Crippen LogP contribution in [0, 0.1) is 0 Å². The molecule has 0 saturated heterocycles. The Morgan fingerprint density at radius 1 is 1.50 bits per heavy atom. The van der Waals surface area contributed by atoms with Crippen LogP contribution in [-0.4, -0.2) is 29.7 Å². The third-order valence-electron chi connectivity index (χ3n) is 2.37. The van der Waals surface area contributed by atoms with Gasteiger partial charge in [0, 0.05) is 18.8 Å². The van der Waals surface area contributed by atoms with E-state index in [0.29, 0.717) is 12.4 Å². The molecular formula is C12H15ClF3N3O. The van der Waals surface area contributed by atoms with Gasteiger partial charge in [0.25, 0.3) is 5.91 Å². The highest BCUT2D eigenvalue weighted by Gasteiger charge is 2.30. The second-order valence-electron chi connectivity index (χ2n) is 4.27. The Balaban J connectivity index is 2.78. The maximum Gasteiger partial charge on any atom is 0.391 e. The van der Waals surface area contributed by atoms with Crippen LogP contribution < -0.4 is 10.6 Å². The van der Waals surface area contributed by atoms with Crippen LogP contribution >= 0.6 is 11.6 Å². The summed E-state index contributed by atoms with van der Waals surface area (Å²) in [5.74, 6) is -0.223. The molecule has 1 atom stereocenters. The third kappa shape index (κ3) is 5.24. The van der Waals surface area contributed by atoms with Crippen LogP contribution in [0.5, 0.6) is 0 Å². The Morgan fingerprint density at radius 2 is 2.15 bits per heavy atom. The molecule has 1 rings (SSSR count). The van der Waals surface area contributed by atoms with E-state index in [0.717, 1.165) is 0 Å². The zero-order valence-corrected chi connectivity index (χ0v) is 11.8. The Hall–Kier alpha value is -1.50. The zero-order chi connectivity index (χ0) is 15.3. The minimum absolute atomic E-state index is 0.0864. The van der Waals surface area contributed by atoms with E-state index in [4.69, 9.17) is 11.6 Å². The van der Waals surface area contributed by atoms with E-state index < -0.39 is 24.5 Å². The molecule has 4 nitrogen and oxygen atoms in total. The summed E-state index contributed by atoms with van der Waals surface area (Å²) in [6.45, 7) is 3.73. The van der Waals surface area contributed by atoms with Crippen molar-refractivity contribution in [3.63, 3.8) is 0 Å². The third-order valence-corrected chi connectivity index (χ3v) is 2.67. The summed E-state index contributed by atoms with van der Waals surface area (Å²) in [5, 5.41) is 5.24. The average Bonchev–Trinajstić information content (AvgIpc) is 2.29. The van der Waals surface area contributed by atoms with Gasteiger partial charge in [0.05, 0.1) is 17.0 Å². The highest BCUT2D eigenvalue weighted by atomic mass is 35.5. The maximum absolute atomic E-state index is 12.2. The number of pyridine rings is 1. The van der Waals surface area contributed by atoms with E-state index in [1.807, 2.05) is 6.92 Å². The van der Waals surface area contributed by atoms with E-state index in [-0.39, 0.29) is 10.6 Å². The number of alkyl halides is 3. The number of hydrogen-bond donors (Lipinski definition) is 2. The van der Waals surface area contributed by atoms with Gasteiger partial charge in [0.15, 0.2) is 0 Å². The normalized spacial score (nSPS) is 12.9. The number of nitrogens with one attached hydrogen (secondary N) is 2. The first-order chi connectivity index (χ1) is 9.23. The van der Waals surface area contributed by atoms with Crippen LogP contribution in [0.3, 0.4) is 0 Å². The number of aromatic nitrogens is 1. The zero-order valence-electron chi connectivity index (χ0n) is 11.0. The van der Waals surface area contributed by atoms with Crippen molar-refractivity contribution in [1.82, 2.24) is 10.3 Å². The summed E-state index contributed by atoms with van der Waals surface area (Å²) in [6, 6.07) is 0.371. The van der Waals surface area contributed by atoms with E-state index in [2.05, 4.69) is 15.6 Å². The fourth-order valence-corrected chi connectivity index (χ4v) is 1.78. The van der Waals surface area contributed by atoms with Gasteiger partial charge < -0.3 is 10.6 Å². The molecule has 0 radical (unpaired) electrons. The fourth-order valence-electron chi connectivity index (χ4n) is 1.59. The molecule has 1 unspecified atom stereocenters. The van der Waals surface area contributed by atoms with Gasteiger partial charge in [-0.25, -0.2) is 4.98 Å². The number of amides is 1. The van der Waals surface area contributed by atoms with Gasteiger partial charge in [-0.2, -0.15) is 13.2 Å². The largest absolute Gasteiger partial charge is 0.391 e. The number of nitrogens with zero attached hydrogens (tertiary/aromatic N) is 1. The maximum atomic E-state index is 12.2.